The number of carbonyl (C=O) groups is 2. The molecule has 2 amide bonds. The van der Waals surface area contributed by atoms with Gasteiger partial charge < -0.3 is 15.4 Å². The van der Waals surface area contributed by atoms with Crippen LogP contribution in [0, 0.1) is 0 Å². The Morgan fingerprint density at radius 2 is 1.92 bits per heavy atom. The number of hydrogen-bond acceptors (Lipinski definition) is 5. The summed E-state index contributed by atoms with van der Waals surface area (Å²) in [6.07, 6.45) is 1.78. The number of anilines is 1. The van der Waals surface area contributed by atoms with E-state index < -0.39 is 11.7 Å². The highest BCUT2D eigenvalue weighted by molar-refractivity contribution is 9.11. The summed E-state index contributed by atoms with van der Waals surface area (Å²) >= 11 is 4.51. The van der Waals surface area contributed by atoms with Crippen LogP contribution in [-0.4, -0.2) is 29.1 Å². The number of aromatic nitrogens is 1. The van der Waals surface area contributed by atoms with E-state index in [1.54, 1.807) is 0 Å². The van der Waals surface area contributed by atoms with E-state index >= 15 is 0 Å². The Kier molecular flexibility index (Phi) is 6.55. The van der Waals surface area contributed by atoms with Crippen molar-refractivity contribution >= 4 is 45.0 Å². The average molecular weight is 426 g/mol. The van der Waals surface area contributed by atoms with Crippen LogP contribution >= 0.6 is 27.3 Å². The molecule has 0 unspecified atom stereocenters. The summed E-state index contributed by atoms with van der Waals surface area (Å²) in [5, 5.41) is 5.54. The minimum atomic E-state index is -0.502. The van der Waals surface area contributed by atoms with Gasteiger partial charge in [-0.1, -0.05) is 12.1 Å². The van der Waals surface area contributed by atoms with Crippen LogP contribution in [0.5, 0.6) is 0 Å². The monoisotopic (exact) mass is 425 g/mol. The number of hydrogen-bond donors (Lipinski definition) is 2. The van der Waals surface area contributed by atoms with Crippen molar-refractivity contribution in [2.45, 2.75) is 32.8 Å². The van der Waals surface area contributed by atoms with Crippen molar-refractivity contribution in [2.75, 3.05) is 11.9 Å². The number of benzene rings is 1. The van der Waals surface area contributed by atoms with E-state index in [0.29, 0.717) is 27.4 Å². The van der Waals surface area contributed by atoms with Crippen molar-refractivity contribution in [3.63, 3.8) is 0 Å². The fourth-order valence-corrected chi connectivity index (χ4v) is 3.09. The molecule has 134 valence electrons. The zero-order valence-corrected chi connectivity index (χ0v) is 16.7. The maximum absolute atomic E-state index is 12.1. The van der Waals surface area contributed by atoms with E-state index in [-0.39, 0.29) is 5.91 Å². The number of rotatable bonds is 5. The second kappa shape index (κ2) is 8.44. The van der Waals surface area contributed by atoms with Crippen molar-refractivity contribution in [3.05, 3.63) is 44.8 Å². The molecule has 1 heterocycles. The normalized spacial score (nSPS) is 11.0. The van der Waals surface area contributed by atoms with Gasteiger partial charge >= 0.3 is 6.09 Å². The molecule has 0 atom stereocenters. The van der Waals surface area contributed by atoms with Crippen molar-refractivity contribution < 1.29 is 14.3 Å². The molecule has 25 heavy (non-hydrogen) atoms. The number of alkyl carbamates (subject to hydrolysis) is 1. The maximum atomic E-state index is 12.1. The molecule has 0 aliphatic heterocycles. The number of nitrogens with one attached hydrogen (secondary N) is 2. The molecule has 0 aliphatic rings. The van der Waals surface area contributed by atoms with Gasteiger partial charge in [-0.15, -0.1) is 11.3 Å². The molecule has 0 bridgehead atoms. The molecule has 2 aromatic rings. The van der Waals surface area contributed by atoms with Gasteiger partial charge in [0.2, 0.25) is 0 Å². The first kappa shape index (κ1) is 19.4. The van der Waals surface area contributed by atoms with E-state index in [4.69, 9.17) is 4.74 Å². The zero-order valence-electron chi connectivity index (χ0n) is 14.3. The van der Waals surface area contributed by atoms with E-state index in [1.807, 2.05) is 45.0 Å². The summed E-state index contributed by atoms with van der Waals surface area (Å²) in [7, 11) is 0. The van der Waals surface area contributed by atoms with Crippen LogP contribution in [-0.2, 0) is 11.2 Å². The van der Waals surface area contributed by atoms with E-state index in [9.17, 15) is 9.59 Å². The molecule has 0 spiro atoms. The zero-order chi connectivity index (χ0) is 18.4. The molecule has 1 aromatic carbocycles. The second-order valence-corrected chi connectivity index (χ2v) is 8.61. The first-order chi connectivity index (χ1) is 11.7. The first-order valence-electron chi connectivity index (χ1n) is 7.71. The van der Waals surface area contributed by atoms with Crippen molar-refractivity contribution in [1.29, 1.82) is 0 Å². The largest absolute Gasteiger partial charge is 0.444 e. The topological polar surface area (TPSA) is 80.3 Å². The molecule has 0 saturated heterocycles. The Labute approximate surface area is 159 Å². The average Bonchev–Trinajstić information content (AvgIpc) is 2.94. The lowest BCUT2D eigenvalue weighted by Gasteiger charge is -2.19. The predicted molar refractivity (Wildman–Crippen MR) is 102 cm³/mol. The highest BCUT2D eigenvalue weighted by Gasteiger charge is 2.15. The van der Waals surface area contributed by atoms with Gasteiger partial charge in [0, 0.05) is 12.2 Å². The van der Waals surface area contributed by atoms with E-state index in [0.717, 1.165) is 5.56 Å². The van der Waals surface area contributed by atoms with Crippen molar-refractivity contribution in [2.24, 2.45) is 0 Å². The fourth-order valence-electron chi connectivity index (χ4n) is 1.93. The van der Waals surface area contributed by atoms with Gasteiger partial charge in [0.25, 0.3) is 5.91 Å². The Hall–Kier alpha value is -1.93. The van der Waals surface area contributed by atoms with Crippen LogP contribution in [0.4, 0.5) is 10.5 Å². The van der Waals surface area contributed by atoms with Crippen LogP contribution < -0.4 is 10.6 Å². The van der Waals surface area contributed by atoms with Crippen molar-refractivity contribution in [1.82, 2.24) is 10.3 Å². The predicted octanol–water partition coefficient (Wildman–Crippen LogP) is 4.23. The molecule has 0 radical (unpaired) electrons. The van der Waals surface area contributed by atoms with Gasteiger partial charge in [-0.2, -0.15) is 0 Å². The Morgan fingerprint density at radius 1 is 1.24 bits per heavy atom. The number of nitrogens with zero attached hydrogens (tertiary/aromatic N) is 1. The summed E-state index contributed by atoms with van der Waals surface area (Å²) in [4.78, 5) is 28.2. The lowest BCUT2D eigenvalue weighted by molar-refractivity contribution is 0.0528. The molecular formula is C17H20BrN3O3S. The SMILES string of the molecule is CC(C)(C)OC(=O)NCCc1ccc(NC(=O)c2cnc(Br)s2)cc1. The van der Waals surface area contributed by atoms with Crippen LogP contribution in [0.25, 0.3) is 0 Å². The van der Waals surface area contributed by atoms with Crippen molar-refractivity contribution in [3.8, 4) is 0 Å². The standard InChI is InChI=1S/C17H20BrN3O3S/c1-17(2,3)24-16(23)19-9-8-11-4-6-12(7-5-11)21-14(22)13-10-20-15(18)25-13/h4-7,10H,8-9H2,1-3H3,(H,19,23)(H,21,22). The van der Waals surface area contributed by atoms with Gasteiger partial charge in [-0.05, 0) is 60.8 Å². The first-order valence-corrected chi connectivity index (χ1v) is 9.32. The third-order valence-electron chi connectivity index (χ3n) is 2.99. The molecule has 2 rings (SSSR count). The maximum Gasteiger partial charge on any atom is 0.407 e. The number of ether oxygens (including phenoxy) is 1. The summed E-state index contributed by atoms with van der Waals surface area (Å²) in [6, 6.07) is 7.48. The van der Waals surface area contributed by atoms with Crippen LogP contribution in [0.1, 0.15) is 36.0 Å². The fraction of sp³-hybridized carbons (Fsp3) is 0.353. The molecule has 0 saturated carbocycles. The van der Waals surface area contributed by atoms with Gasteiger partial charge in [0.05, 0.1) is 6.20 Å². The highest BCUT2D eigenvalue weighted by atomic mass is 79.9. The lowest BCUT2D eigenvalue weighted by atomic mass is 10.1. The number of carbonyl (C=O) groups excluding carboxylic acids is 2. The highest BCUT2D eigenvalue weighted by Crippen LogP contribution is 2.20. The van der Waals surface area contributed by atoms with Crippen LogP contribution in [0.2, 0.25) is 0 Å². The number of amides is 2. The minimum absolute atomic E-state index is 0.192. The van der Waals surface area contributed by atoms with E-state index in [2.05, 4.69) is 31.5 Å². The molecule has 8 heteroatoms. The quantitative estimate of drug-likeness (QED) is 0.750. The summed E-state index contributed by atoms with van der Waals surface area (Å²) in [6.45, 7) is 5.95. The summed E-state index contributed by atoms with van der Waals surface area (Å²) < 4.78 is 5.85. The molecule has 2 N–H and O–H groups in total. The van der Waals surface area contributed by atoms with Gasteiger partial charge in [-0.3, -0.25) is 4.79 Å². The third-order valence-corrected chi connectivity index (χ3v) is 4.47. The molecule has 1 aromatic heterocycles. The molecular weight excluding hydrogens is 406 g/mol. The van der Waals surface area contributed by atoms with Crippen LogP contribution in [0.3, 0.4) is 0 Å². The van der Waals surface area contributed by atoms with Gasteiger partial charge in [0.1, 0.15) is 10.5 Å². The summed E-state index contributed by atoms with van der Waals surface area (Å²) in [5.74, 6) is -0.192. The third kappa shape index (κ3) is 6.83. The molecule has 6 nitrogen and oxygen atoms in total. The second-order valence-electron chi connectivity index (χ2n) is 6.31. The number of thiazole rings is 1. The van der Waals surface area contributed by atoms with Gasteiger partial charge in [0.15, 0.2) is 3.92 Å². The van der Waals surface area contributed by atoms with E-state index in [1.165, 1.54) is 17.5 Å². The van der Waals surface area contributed by atoms with Crippen LogP contribution in [0.15, 0.2) is 34.4 Å². The Balaban J connectivity index is 1.80. The van der Waals surface area contributed by atoms with Gasteiger partial charge in [-0.25, -0.2) is 9.78 Å². The number of halogens is 1. The lowest BCUT2D eigenvalue weighted by Crippen LogP contribution is -2.33. The Bertz CT molecular complexity index is 738. The molecule has 0 fully saturated rings. The molecule has 0 aliphatic carbocycles. The minimum Gasteiger partial charge on any atom is -0.444 e. The smallest absolute Gasteiger partial charge is 0.407 e. The Morgan fingerprint density at radius 3 is 2.48 bits per heavy atom. The summed E-state index contributed by atoms with van der Waals surface area (Å²) in [5.41, 5.74) is 1.26.